The van der Waals surface area contributed by atoms with Crippen LogP contribution in [-0.4, -0.2) is 6.29 Å². The third-order valence-electron chi connectivity index (χ3n) is 1.87. The predicted molar refractivity (Wildman–Crippen MR) is 54.6 cm³/mol. The van der Waals surface area contributed by atoms with Crippen LogP contribution in [0, 0.1) is 3.57 Å². The smallest absolute Gasteiger partial charge is 0.298 e. The zero-order valence-corrected chi connectivity index (χ0v) is 9.94. The van der Waals surface area contributed by atoms with Gasteiger partial charge in [-0.05, 0) is 34.7 Å². The van der Waals surface area contributed by atoms with Gasteiger partial charge < -0.3 is 0 Å². The molecule has 1 aromatic carbocycles. The molecule has 0 aliphatic heterocycles. The molecule has 1 aromatic rings. The highest BCUT2D eigenvalue weighted by atomic mass is 127. The molecule has 1 nitrogen and oxygen atoms in total. The number of aldehydes is 1. The average molecular weight is 368 g/mol. The molecule has 8 heteroatoms. The second kappa shape index (κ2) is 4.46. The van der Waals surface area contributed by atoms with Gasteiger partial charge in [-0.1, -0.05) is 0 Å². The van der Waals surface area contributed by atoms with Crippen LogP contribution >= 0.6 is 22.6 Å². The fourth-order valence-electron chi connectivity index (χ4n) is 1.15. The molecule has 0 aliphatic carbocycles. The van der Waals surface area contributed by atoms with E-state index in [0.717, 1.165) is 0 Å². The summed E-state index contributed by atoms with van der Waals surface area (Å²) in [5.41, 5.74) is -4.07. The van der Waals surface area contributed by atoms with Crippen LogP contribution in [0.2, 0.25) is 0 Å². The van der Waals surface area contributed by atoms with Crippen LogP contribution in [0.4, 0.5) is 26.3 Å². The molecule has 0 fully saturated rings. The van der Waals surface area contributed by atoms with Gasteiger partial charge in [-0.25, -0.2) is 0 Å². The number of hydrogen-bond acceptors (Lipinski definition) is 1. The second-order valence-corrected chi connectivity index (χ2v) is 4.19. The lowest BCUT2D eigenvalue weighted by Crippen LogP contribution is -2.17. The van der Waals surface area contributed by atoms with Crippen LogP contribution in [0.3, 0.4) is 0 Å². The van der Waals surface area contributed by atoms with Crippen LogP contribution in [-0.2, 0) is 12.4 Å². The maximum atomic E-state index is 12.4. The summed E-state index contributed by atoms with van der Waals surface area (Å²) in [6.45, 7) is 0. The third-order valence-corrected chi connectivity index (χ3v) is 2.81. The first-order valence-corrected chi connectivity index (χ1v) is 5.08. The molecule has 0 amide bonds. The summed E-state index contributed by atoms with van der Waals surface area (Å²) in [4.78, 5) is 10.4. The van der Waals surface area contributed by atoms with E-state index in [1.54, 1.807) is 0 Å². The minimum absolute atomic E-state index is 0.0805. The number of halogens is 7. The van der Waals surface area contributed by atoms with Gasteiger partial charge in [0.05, 0.1) is 11.1 Å². The first-order valence-electron chi connectivity index (χ1n) is 4.00. The number of benzene rings is 1. The maximum Gasteiger partial charge on any atom is 0.417 e. The molecule has 0 atom stereocenters. The Bertz CT molecular complexity index is 448. The average Bonchev–Trinajstić information content (AvgIpc) is 2.14. The Morgan fingerprint density at radius 2 is 1.35 bits per heavy atom. The van der Waals surface area contributed by atoms with Gasteiger partial charge in [0.15, 0.2) is 6.29 Å². The summed E-state index contributed by atoms with van der Waals surface area (Å²) in [5.74, 6) is 0. The minimum Gasteiger partial charge on any atom is -0.298 e. The SMILES string of the molecule is O=Cc1cc(C(F)(F)F)c(C(F)(F)F)cc1I. The van der Waals surface area contributed by atoms with E-state index in [9.17, 15) is 31.1 Å². The van der Waals surface area contributed by atoms with Crippen molar-refractivity contribution in [3.8, 4) is 0 Å². The first-order chi connectivity index (χ1) is 7.57. The highest BCUT2D eigenvalue weighted by molar-refractivity contribution is 14.1. The van der Waals surface area contributed by atoms with E-state index in [1.165, 1.54) is 22.6 Å². The van der Waals surface area contributed by atoms with Crippen molar-refractivity contribution in [3.63, 3.8) is 0 Å². The molecule has 0 aliphatic rings. The van der Waals surface area contributed by atoms with Gasteiger partial charge in [0, 0.05) is 9.13 Å². The quantitative estimate of drug-likeness (QED) is 0.414. The number of alkyl halides is 6. The summed E-state index contributed by atoms with van der Waals surface area (Å²) < 4.78 is 74.3. The van der Waals surface area contributed by atoms with Crippen LogP contribution in [0.1, 0.15) is 21.5 Å². The lowest BCUT2D eigenvalue weighted by molar-refractivity contribution is -0.162. The Balaban J connectivity index is 3.59. The minimum atomic E-state index is -5.16. The van der Waals surface area contributed by atoms with E-state index in [1.807, 2.05) is 0 Å². The highest BCUT2D eigenvalue weighted by Crippen LogP contribution is 2.41. The Morgan fingerprint density at radius 1 is 0.941 bits per heavy atom. The normalized spacial score (nSPS) is 12.6. The van der Waals surface area contributed by atoms with Crippen molar-refractivity contribution in [1.29, 1.82) is 0 Å². The molecule has 0 bridgehead atoms. The zero-order chi connectivity index (χ0) is 13.4. The molecule has 0 radical (unpaired) electrons. The standard InChI is InChI=1S/C9H3F6IO/c10-8(11,12)5-1-4(3-17)7(16)2-6(5)9(13,14)15/h1-3H. The van der Waals surface area contributed by atoms with Crippen LogP contribution in [0.25, 0.3) is 0 Å². The maximum absolute atomic E-state index is 12.4. The highest BCUT2D eigenvalue weighted by Gasteiger charge is 2.43. The second-order valence-electron chi connectivity index (χ2n) is 3.03. The van der Waals surface area contributed by atoms with E-state index in [2.05, 4.69) is 0 Å². The van der Waals surface area contributed by atoms with E-state index >= 15 is 0 Å². The lowest BCUT2D eigenvalue weighted by Gasteiger charge is -2.16. The number of hydrogen-bond donors (Lipinski definition) is 0. The summed E-state index contributed by atoms with van der Waals surface area (Å²) >= 11 is 1.37. The van der Waals surface area contributed by atoms with Crippen molar-refractivity contribution in [1.82, 2.24) is 0 Å². The number of rotatable bonds is 1. The number of carbonyl (C=O) groups excluding carboxylic acids is 1. The molecule has 0 heterocycles. The monoisotopic (exact) mass is 368 g/mol. The van der Waals surface area contributed by atoms with Gasteiger partial charge in [0.2, 0.25) is 0 Å². The van der Waals surface area contributed by atoms with Crippen molar-refractivity contribution in [2.45, 2.75) is 12.4 Å². The molecule has 0 spiro atoms. The molecular weight excluding hydrogens is 365 g/mol. The van der Waals surface area contributed by atoms with Crippen molar-refractivity contribution in [3.05, 3.63) is 32.4 Å². The fourth-order valence-corrected chi connectivity index (χ4v) is 1.74. The summed E-state index contributed by atoms with van der Waals surface area (Å²) in [6.07, 6.45) is -10.2. The summed E-state index contributed by atoms with van der Waals surface area (Å²) in [5, 5.41) is 0. The van der Waals surface area contributed by atoms with E-state index in [-0.39, 0.29) is 15.9 Å². The van der Waals surface area contributed by atoms with Crippen LogP contribution in [0.5, 0.6) is 0 Å². The Morgan fingerprint density at radius 3 is 1.71 bits per heavy atom. The molecule has 17 heavy (non-hydrogen) atoms. The van der Waals surface area contributed by atoms with Gasteiger partial charge >= 0.3 is 12.4 Å². The lowest BCUT2D eigenvalue weighted by atomic mass is 10.0. The van der Waals surface area contributed by atoms with Crippen LogP contribution in [0.15, 0.2) is 12.1 Å². The van der Waals surface area contributed by atoms with Crippen molar-refractivity contribution in [2.24, 2.45) is 0 Å². The van der Waals surface area contributed by atoms with Crippen LogP contribution < -0.4 is 0 Å². The van der Waals surface area contributed by atoms with E-state index < -0.39 is 29.0 Å². The Kier molecular flexibility index (Phi) is 3.75. The summed E-state index contributed by atoms with van der Waals surface area (Å²) in [6, 6.07) is 0.519. The van der Waals surface area contributed by atoms with Gasteiger partial charge in [0.1, 0.15) is 0 Å². The van der Waals surface area contributed by atoms with Gasteiger partial charge in [0.25, 0.3) is 0 Å². The topological polar surface area (TPSA) is 17.1 Å². The molecular formula is C9H3F6IO. The molecule has 0 saturated heterocycles. The third kappa shape index (κ3) is 3.11. The zero-order valence-electron chi connectivity index (χ0n) is 7.79. The molecule has 0 N–H and O–H groups in total. The van der Waals surface area contributed by atoms with Crippen molar-refractivity contribution in [2.75, 3.05) is 0 Å². The predicted octanol–water partition coefficient (Wildman–Crippen LogP) is 4.14. The number of carbonyl (C=O) groups is 1. The van der Waals surface area contributed by atoms with E-state index in [0.29, 0.717) is 6.07 Å². The van der Waals surface area contributed by atoms with Gasteiger partial charge in [-0.2, -0.15) is 26.3 Å². The Labute approximate surface area is 105 Å². The molecule has 0 saturated carbocycles. The summed E-state index contributed by atoms with van der Waals surface area (Å²) in [7, 11) is 0. The Hall–Kier alpha value is -0.800. The van der Waals surface area contributed by atoms with E-state index in [4.69, 9.17) is 0 Å². The largest absolute Gasteiger partial charge is 0.417 e. The molecule has 94 valence electrons. The first kappa shape index (κ1) is 14.3. The van der Waals surface area contributed by atoms with Crippen molar-refractivity contribution < 1.29 is 31.1 Å². The fraction of sp³-hybridized carbons (Fsp3) is 0.222. The van der Waals surface area contributed by atoms with Gasteiger partial charge in [-0.15, -0.1) is 0 Å². The van der Waals surface area contributed by atoms with Crippen molar-refractivity contribution >= 4 is 28.9 Å². The van der Waals surface area contributed by atoms with Gasteiger partial charge in [-0.3, -0.25) is 4.79 Å². The molecule has 1 rings (SSSR count). The molecule has 0 unspecified atom stereocenters. The molecule has 0 aromatic heterocycles.